The van der Waals surface area contributed by atoms with Gasteiger partial charge in [-0.3, -0.25) is 4.79 Å². The average Bonchev–Trinajstić information content (AvgIpc) is 3.12. The van der Waals surface area contributed by atoms with E-state index in [0.29, 0.717) is 17.0 Å². The van der Waals surface area contributed by atoms with E-state index in [4.69, 9.17) is 0 Å². The van der Waals surface area contributed by atoms with E-state index in [0.717, 1.165) is 27.6 Å². The largest absolute Gasteiger partial charge is 0.321 e. The van der Waals surface area contributed by atoms with Gasteiger partial charge in [0.25, 0.3) is 5.91 Å². The molecular formula is C24H18FN5O. The minimum absolute atomic E-state index is 0.156. The van der Waals surface area contributed by atoms with Crippen molar-refractivity contribution in [1.82, 2.24) is 19.8 Å². The number of aromatic nitrogens is 4. The molecule has 7 heteroatoms. The summed E-state index contributed by atoms with van der Waals surface area (Å²) < 4.78 is 14.8. The summed E-state index contributed by atoms with van der Waals surface area (Å²) in [4.78, 5) is 12.8. The molecule has 1 amide bonds. The van der Waals surface area contributed by atoms with Crippen molar-refractivity contribution in [2.24, 2.45) is 0 Å². The Morgan fingerprint density at radius 1 is 0.935 bits per heavy atom. The summed E-state index contributed by atoms with van der Waals surface area (Å²) in [5, 5.41) is 18.1. The van der Waals surface area contributed by atoms with Crippen molar-refractivity contribution in [2.45, 2.75) is 13.8 Å². The number of carbonyl (C=O) groups is 1. The maximum atomic E-state index is 13.1. The summed E-state index contributed by atoms with van der Waals surface area (Å²) in [5.74, 6) is -0.804. The predicted octanol–water partition coefficient (Wildman–Crippen LogP) is 4.95. The van der Waals surface area contributed by atoms with Crippen LogP contribution < -0.4 is 5.32 Å². The highest BCUT2D eigenvalue weighted by Crippen LogP contribution is 2.33. The van der Waals surface area contributed by atoms with Crippen molar-refractivity contribution in [2.75, 3.05) is 5.32 Å². The Balaban J connectivity index is 1.61. The number of aryl methyl sites for hydroxylation is 2. The van der Waals surface area contributed by atoms with Gasteiger partial charge >= 0.3 is 0 Å². The van der Waals surface area contributed by atoms with Crippen molar-refractivity contribution in [3.05, 3.63) is 89.6 Å². The maximum Gasteiger partial charge on any atom is 0.278 e. The fourth-order valence-electron chi connectivity index (χ4n) is 3.80. The van der Waals surface area contributed by atoms with Gasteiger partial charge in [0.05, 0.1) is 17.0 Å². The molecule has 0 spiro atoms. The van der Waals surface area contributed by atoms with Crippen molar-refractivity contribution in [3.63, 3.8) is 0 Å². The third-order valence-corrected chi connectivity index (χ3v) is 5.32. The van der Waals surface area contributed by atoms with Gasteiger partial charge in [0, 0.05) is 5.69 Å². The van der Waals surface area contributed by atoms with E-state index in [1.807, 2.05) is 31.2 Å². The molecule has 0 radical (unpaired) electrons. The van der Waals surface area contributed by atoms with Crippen LogP contribution >= 0.6 is 0 Å². The van der Waals surface area contributed by atoms with Crippen molar-refractivity contribution in [1.29, 1.82) is 0 Å². The minimum Gasteiger partial charge on any atom is -0.321 e. The number of nitrogens with one attached hydrogen (secondary N) is 1. The van der Waals surface area contributed by atoms with E-state index >= 15 is 0 Å². The highest BCUT2D eigenvalue weighted by atomic mass is 19.1. The topological polar surface area (TPSA) is 72.2 Å². The second-order valence-electron chi connectivity index (χ2n) is 7.32. The first kappa shape index (κ1) is 18.9. The normalized spacial score (nSPS) is 11.2. The lowest BCUT2D eigenvalue weighted by atomic mass is 9.98. The average molecular weight is 411 g/mol. The highest BCUT2D eigenvalue weighted by Gasteiger charge is 2.21. The maximum absolute atomic E-state index is 13.1. The molecule has 0 unspecified atom stereocenters. The van der Waals surface area contributed by atoms with E-state index in [9.17, 15) is 9.18 Å². The Morgan fingerprint density at radius 2 is 1.68 bits per heavy atom. The molecule has 0 saturated carbocycles. The van der Waals surface area contributed by atoms with E-state index in [2.05, 4.69) is 38.8 Å². The number of rotatable bonds is 3. The van der Waals surface area contributed by atoms with Crippen LogP contribution in [0.25, 0.3) is 27.5 Å². The molecule has 31 heavy (non-hydrogen) atoms. The lowest BCUT2D eigenvalue weighted by Gasteiger charge is -2.08. The van der Waals surface area contributed by atoms with Gasteiger partial charge in [0.2, 0.25) is 0 Å². The van der Waals surface area contributed by atoms with Crippen LogP contribution in [0.1, 0.15) is 21.9 Å². The molecule has 5 aromatic rings. The lowest BCUT2D eigenvalue weighted by Crippen LogP contribution is -2.18. The van der Waals surface area contributed by atoms with E-state index < -0.39 is 5.91 Å². The standard InChI is InChI=1S/C24H18FN5O/c1-14-21(20-9-5-7-16-6-3-4-8-19(16)20)23-28-27-22(15(2)30(23)29-14)24(31)26-18-12-10-17(25)11-13-18/h3-13H,1-2H3,(H,26,31). The predicted molar refractivity (Wildman–Crippen MR) is 118 cm³/mol. The molecule has 0 aliphatic carbocycles. The smallest absolute Gasteiger partial charge is 0.278 e. The second kappa shape index (κ2) is 7.28. The molecule has 0 aliphatic heterocycles. The molecule has 2 heterocycles. The Morgan fingerprint density at radius 3 is 2.48 bits per heavy atom. The SMILES string of the molecule is Cc1nn2c(C)c(C(=O)Nc3ccc(F)cc3)nnc2c1-c1cccc2ccccc12. The third kappa shape index (κ3) is 3.20. The fraction of sp³-hybridized carbons (Fsp3) is 0.0833. The molecule has 0 aliphatic rings. The van der Waals surface area contributed by atoms with Gasteiger partial charge in [-0.2, -0.15) is 5.10 Å². The Labute approximate surface area is 177 Å². The van der Waals surface area contributed by atoms with Gasteiger partial charge in [-0.25, -0.2) is 8.91 Å². The quantitative estimate of drug-likeness (QED) is 0.456. The second-order valence-corrected chi connectivity index (χ2v) is 7.32. The zero-order valence-corrected chi connectivity index (χ0v) is 16.9. The zero-order chi connectivity index (χ0) is 21.5. The van der Waals surface area contributed by atoms with Gasteiger partial charge < -0.3 is 5.32 Å². The van der Waals surface area contributed by atoms with Crippen molar-refractivity contribution < 1.29 is 9.18 Å². The number of fused-ring (bicyclic) bond motifs is 2. The first-order chi connectivity index (χ1) is 15.0. The van der Waals surface area contributed by atoms with E-state index in [1.165, 1.54) is 24.3 Å². The summed E-state index contributed by atoms with van der Waals surface area (Å²) in [6.45, 7) is 3.70. The van der Waals surface area contributed by atoms with Gasteiger partial charge in [0.15, 0.2) is 11.3 Å². The van der Waals surface area contributed by atoms with Gasteiger partial charge in [-0.05, 0) is 54.4 Å². The Bertz CT molecular complexity index is 1450. The monoisotopic (exact) mass is 411 g/mol. The molecule has 5 rings (SSSR count). The van der Waals surface area contributed by atoms with Crippen LogP contribution in [0.2, 0.25) is 0 Å². The molecule has 0 atom stereocenters. The van der Waals surface area contributed by atoms with Crippen LogP contribution in [-0.2, 0) is 0 Å². The molecule has 1 N–H and O–H groups in total. The van der Waals surface area contributed by atoms with Crippen molar-refractivity contribution in [3.8, 4) is 11.1 Å². The van der Waals surface area contributed by atoms with Gasteiger partial charge in [0.1, 0.15) is 5.82 Å². The fourth-order valence-corrected chi connectivity index (χ4v) is 3.80. The summed E-state index contributed by atoms with van der Waals surface area (Å²) in [6.07, 6.45) is 0. The molecule has 3 aromatic carbocycles. The number of anilines is 1. The van der Waals surface area contributed by atoms with Crippen LogP contribution in [0, 0.1) is 19.7 Å². The van der Waals surface area contributed by atoms with Crippen LogP contribution in [0.15, 0.2) is 66.7 Å². The highest BCUT2D eigenvalue weighted by molar-refractivity contribution is 6.04. The minimum atomic E-state index is -0.432. The number of benzene rings is 3. The lowest BCUT2D eigenvalue weighted by molar-refractivity contribution is 0.102. The zero-order valence-electron chi connectivity index (χ0n) is 16.9. The number of nitrogens with zero attached hydrogens (tertiary/aromatic N) is 4. The van der Waals surface area contributed by atoms with Gasteiger partial charge in [-0.1, -0.05) is 42.5 Å². The molecule has 0 bridgehead atoms. The summed E-state index contributed by atoms with van der Waals surface area (Å²) in [5.41, 5.74) is 4.49. The van der Waals surface area contributed by atoms with E-state index in [-0.39, 0.29) is 11.5 Å². The summed E-state index contributed by atoms with van der Waals surface area (Å²) in [6, 6.07) is 19.8. The molecule has 0 saturated heterocycles. The van der Waals surface area contributed by atoms with Crippen LogP contribution in [0.3, 0.4) is 0 Å². The van der Waals surface area contributed by atoms with Crippen LogP contribution in [0.4, 0.5) is 10.1 Å². The summed E-state index contributed by atoms with van der Waals surface area (Å²) >= 11 is 0. The number of carbonyl (C=O) groups excluding carboxylic acids is 1. The molecule has 152 valence electrons. The number of hydrogen-bond donors (Lipinski definition) is 1. The number of hydrogen-bond acceptors (Lipinski definition) is 4. The van der Waals surface area contributed by atoms with E-state index in [1.54, 1.807) is 11.4 Å². The van der Waals surface area contributed by atoms with Crippen molar-refractivity contribution >= 4 is 28.0 Å². The first-order valence-electron chi connectivity index (χ1n) is 9.80. The summed E-state index contributed by atoms with van der Waals surface area (Å²) in [7, 11) is 0. The first-order valence-corrected chi connectivity index (χ1v) is 9.80. The third-order valence-electron chi connectivity index (χ3n) is 5.32. The Hall–Kier alpha value is -4.13. The number of halogens is 1. The molecule has 0 fully saturated rings. The molecule has 2 aromatic heterocycles. The number of amides is 1. The van der Waals surface area contributed by atoms with Crippen LogP contribution in [-0.4, -0.2) is 25.7 Å². The Kier molecular flexibility index (Phi) is 4.43. The molecule has 6 nitrogen and oxygen atoms in total. The molecular weight excluding hydrogens is 393 g/mol. The van der Waals surface area contributed by atoms with Crippen LogP contribution in [0.5, 0.6) is 0 Å². The van der Waals surface area contributed by atoms with Gasteiger partial charge in [-0.15, -0.1) is 10.2 Å².